The molecule has 1 saturated heterocycles. The minimum atomic E-state index is -0.236. The first-order valence-electron chi connectivity index (χ1n) is 12.6. The quantitative estimate of drug-likeness (QED) is 0.328. The van der Waals surface area contributed by atoms with Crippen LogP contribution in [-0.4, -0.2) is 75.2 Å². The molecule has 1 fully saturated rings. The standard InChI is InChI=1S/C28H30N8O2/c1-20-7-5-6-10-23(20)25-32-27(34-28(33-25)36-15-13-35(14-16-36)17-18-37)31-24-12-11-21(19-29-24)26(38)30-22-8-3-2-4-9-22/h2-12,19,37H,13-18H2,1H3,(H,30,38)(H,29,31,32,33,34). The second-order valence-electron chi connectivity index (χ2n) is 9.03. The number of rotatable bonds is 8. The second kappa shape index (κ2) is 11.8. The third-order valence-electron chi connectivity index (χ3n) is 6.38. The number of pyridine rings is 1. The SMILES string of the molecule is Cc1ccccc1-c1nc(Nc2ccc(C(=O)Nc3ccccc3)cn2)nc(N2CCN(CCO)CC2)n1. The van der Waals surface area contributed by atoms with Crippen LogP contribution in [0.2, 0.25) is 0 Å². The molecule has 5 rings (SSSR count). The monoisotopic (exact) mass is 510 g/mol. The highest BCUT2D eigenvalue weighted by molar-refractivity contribution is 6.04. The fourth-order valence-electron chi connectivity index (χ4n) is 4.26. The van der Waals surface area contributed by atoms with Gasteiger partial charge >= 0.3 is 0 Å². The van der Waals surface area contributed by atoms with E-state index in [0.29, 0.717) is 35.6 Å². The Kier molecular flexibility index (Phi) is 7.81. The first kappa shape index (κ1) is 25.2. The molecule has 1 amide bonds. The normalized spacial score (nSPS) is 13.8. The van der Waals surface area contributed by atoms with Crippen molar-refractivity contribution in [3.63, 3.8) is 0 Å². The molecule has 194 valence electrons. The molecule has 2 aromatic carbocycles. The van der Waals surface area contributed by atoms with Gasteiger partial charge in [-0.25, -0.2) is 4.98 Å². The van der Waals surface area contributed by atoms with Crippen molar-refractivity contribution in [2.45, 2.75) is 6.92 Å². The number of aromatic nitrogens is 4. The smallest absolute Gasteiger partial charge is 0.257 e. The van der Waals surface area contributed by atoms with Gasteiger partial charge in [0, 0.05) is 50.2 Å². The van der Waals surface area contributed by atoms with Gasteiger partial charge in [0.1, 0.15) is 5.82 Å². The van der Waals surface area contributed by atoms with Crippen molar-refractivity contribution in [1.29, 1.82) is 0 Å². The molecule has 1 aliphatic rings. The van der Waals surface area contributed by atoms with Crippen molar-refractivity contribution in [2.24, 2.45) is 0 Å². The maximum atomic E-state index is 12.6. The topological polar surface area (TPSA) is 119 Å². The van der Waals surface area contributed by atoms with E-state index in [-0.39, 0.29) is 12.5 Å². The fourth-order valence-corrected chi connectivity index (χ4v) is 4.26. The number of anilines is 4. The Morgan fingerprint density at radius 2 is 1.68 bits per heavy atom. The average molecular weight is 511 g/mol. The molecular weight excluding hydrogens is 480 g/mol. The van der Waals surface area contributed by atoms with E-state index in [9.17, 15) is 9.90 Å². The lowest BCUT2D eigenvalue weighted by atomic mass is 10.1. The van der Waals surface area contributed by atoms with Gasteiger partial charge in [0.15, 0.2) is 5.82 Å². The highest BCUT2D eigenvalue weighted by atomic mass is 16.3. The minimum absolute atomic E-state index is 0.150. The number of hydrogen-bond acceptors (Lipinski definition) is 9. The first-order valence-corrected chi connectivity index (χ1v) is 12.6. The van der Waals surface area contributed by atoms with Crippen LogP contribution in [0, 0.1) is 6.92 Å². The maximum absolute atomic E-state index is 12.6. The van der Waals surface area contributed by atoms with Crippen LogP contribution in [0.4, 0.5) is 23.4 Å². The fraction of sp³-hybridized carbons (Fsp3) is 0.250. The number of piperazine rings is 1. The Balaban J connectivity index is 1.37. The predicted molar refractivity (Wildman–Crippen MR) is 148 cm³/mol. The highest BCUT2D eigenvalue weighted by Crippen LogP contribution is 2.24. The molecule has 3 heterocycles. The maximum Gasteiger partial charge on any atom is 0.257 e. The molecule has 1 aliphatic heterocycles. The van der Waals surface area contributed by atoms with Crippen molar-refractivity contribution < 1.29 is 9.90 Å². The highest BCUT2D eigenvalue weighted by Gasteiger charge is 2.21. The lowest BCUT2D eigenvalue weighted by Crippen LogP contribution is -2.47. The van der Waals surface area contributed by atoms with Gasteiger partial charge in [-0.2, -0.15) is 15.0 Å². The van der Waals surface area contributed by atoms with Crippen LogP contribution in [0.3, 0.4) is 0 Å². The molecule has 2 aromatic heterocycles. The number of hydrogen-bond donors (Lipinski definition) is 3. The van der Waals surface area contributed by atoms with E-state index in [4.69, 9.17) is 9.97 Å². The molecule has 38 heavy (non-hydrogen) atoms. The van der Waals surface area contributed by atoms with Gasteiger partial charge in [-0.05, 0) is 36.8 Å². The number of amides is 1. The average Bonchev–Trinajstić information content (AvgIpc) is 2.95. The molecule has 0 bridgehead atoms. The number of carbonyl (C=O) groups is 1. The molecule has 10 nitrogen and oxygen atoms in total. The Labute approximate surface area is 221 Å². The van der Waals surface area contributed by atoms with E-state index in [1.165, 1.54) is 6.20 Å². The zero-order valence-corrected chi connectivity index (χ0v) is 21.2. The van der Waals surface area contributed by atoms with Crippen molar-refractivity contribution in [3.05, 3.63) is 84.1 Å². The Morgan fingerprint density at radius 1 is 0.921 bits per heavy atom. The number of β-amino-alcohol motifs (C(OH)–C–C–N with tert-alkyl or cyclic N) is 1. The summed E-state index contributed by atoms with van der Waals surface area (Å²) >= 11 is 0. The van der Waals surface area contributed by atoms with E-state index >= 15 is 0 Å². The predicted octanol–water partition coefficient (Wildman–Crippen LogP) is 3.35. The summed E-state index contributed by atoms with van der Waals surface area (Å²) in [6.45, 7) is 5.99. The van der Waals surface area contributed by atoms with Crippen LogP contribution in [0.5, 0.6) is 0 Å². The van der Waals surface area contributed by atoms with Crippen LogP contribution in [-0.2, 0) is 0 Å². The summed E-state index contributed by atoms with van der Waals surface area (Å²) in [6, 6.07) is 20.7. The summed E-state index contributed by atoms with van der Waals surface area (Å²) in [5.74, 6) is 1.82. The molecule has 10 heteroatoms. The lowest BCUT2D eigenvalue weighted by molar-refractivity contribution is 0.102. The van der Waals surface area contributed by atoms with E-state index in [1.54, 1.807) is 12.1 Å². The molecule has 0 spiro atoms. The summed E-state index contributed by atoms with van der Waals surface area (Å²) in [7, 11) is 0. The van der Waals surface area contributed by atoms with Gasteiger partial charge in [-0.3, -0.25) is 9.69 Å². The van der Waals surface area contributed by atoms with E-state index in [1.807, 2.05) is 61.5 Å². The van der Waals surface area contributed by atoms with Crippen LogP contribution < -0.4 is 15.5 Å². The molecule has 0 aliphatic carbocycles. The van der Waals surface area contributed by atoms with Gasteiger partial charge in [-0.15, -0.1) is 0 Å². The molecule has 0 radical (unpaired) electrons. The molecule has 0 unspecified atom stereocenters. The van der Waals surface area contributed by atoms with Gasteiger partial charge < -0.3 is 20.6 Å². The zero-order chi connectivity index (χ0) is 26.3. The number of aliphatic hydroxyl groups is 1. The number of nitrogens with one attached hydrogen (secondary N) is 2. The molecule has 0 atom stereocenters. The zero-order valence-electron chi connectivity index (χ0n) is 21.2. The molecule has 0 saturated carbocycles. The van der Waals surface area contributed by atoms with E-state index in [0.717, 1.165) is 43.0 Å². The molecule has 4 aromatic rings. The van der Waals surface area contributed by atoms with Crippen molar-refractivity contribution >= 4 is 29.3 Å². The third kappa shape index (κ3) is 6.10. The Bertz CT molecular complexity index is 1370. The minimum Gasteiger partial charge on any atom is -0.395 e. The number of nitrogens with zero attached hydrogens (tertiary/aromatic N) is 6. The largest absolute Gasteiger partial charge is 0.395 e. The van der Waals surface area contributed by atoms with Crippen molar-refractivity contribution in [3.8, 4) is 11.4 Å². The summed E-state index contributed by atoms with van der Waals surface area (Å²) in [5, 5.41) is 15.3. The van der Waals surface area contributed by atoms with E-state index < -0.39 is 0 Å². The summed E-state index contributed by atoms with van der Waals surface area (Å²) in [4.78, 5) is 35.5. The summed E-state index contributed by atoms with van der Waals surface area (Å²) in [6.07, 6.45) is 1.52. The van der Waals surface area contributed by atoms with Crippen LogP contribution in [0.15, 0.2) is 72.9 Å². The Hall–Kier alpha value is -4.41. The van der Waals surface area contributed by atoms with Crippen LogP contribution in [0.25, 0.3) is 11.4 Å². The van der Waals surface area contributed by atoms with Crippen LogP contribution >= 0.6 is 0 Å². The number of carbonyl (C=O) groups excluding carboxylic acids is 1. The van der Waals surface area contributed by atoms with Gasteiger partial charge in [0.2, 0.25) is 11.9 Å². The number of benzene rings is 2. The van der Waals surface area contributed by atoms with Crippen LogP contribution in [0.1, 0.15) is 15.9 Å². The number of aliphatic hydroxyl groups excluding tert-OH is 1. The number of aryl methyl sites for hydroxylation is 1. The Morgan fingerprint density at radius 3 is 2.39 bits per heavy atom. The third-order valence-corrected chi connectivity index (χ3v) is 6.38. The summed E-state index contributed by atoms with van der Waals surface area (Å²) in [5.41, 5.74) is 3.16. The first-order chi connectivity index (χ1) is 18.6. The lowest BCUT2D eigenvalue weighted by Gasteiger charge is -2.34. The van der Waals surface area contributed by atoms with Crippen molar-refractivity contribution in [2.75, 3.05) is 54.9 Å². The van der Waals surface area contributed by atoms with E-state index in [2.05, 4.69) is 30.4 Å². The van der Waals surface area contributed by atoms with Gasteiger partial charge in [0.25, 0.3) is 5.91 Å². The summed E-state index contributed by atoms with van der Waals surface area (Å²) < 4.78 is 0. The van der Waals surface area contributed by atoms with Gasteiger partial charge in [-0.1, -0.05) is 42.5 Å². The van der Waals surface area contributed by atoms with Crippen molar-refractivity contribution in [1.82, 2.24) is 24.8 Å². The molecule has 3 N–H and O–H groups in total. The van der Waals surface area contributed by atoms with Gasteiger partial charge in [0.05, 0.1) is 12.2 Å². The number of para-hydroxylation sites is 1. The molecular formula is C28H30N8O2. The second-order valence-corrected chi connectivity index (χ2v) is 9.03.